The number of carbonyl (C=O) groups excluding carboxylic acids is 3. The van der Waals surface area contributed by atoms with E-state index in [9.17, 15) is 14.4 Å². The summed E-state index contributed by atoms with van der Waals surface area (Å²) in [5, 5.41) is 2.29. The van der Waals surface area contributed by atoms with Crippen molar-refractivity contribution in [1.82, 2.24) is 10.1 Å². The highest BCUT2D eigenvalue weighted by Crippen LogP contribution is 2.19. The van der Waals surface area contributed by atoms with Crippen LogP contribution in [0.25, 0.3) is 0 Å². The van der Waals surface area contributed by atoms with Gasteiger partial charge >= 0.3 is 0 Å². The molecular weight excluding hydrogens is 243 g/mol. The van der Waals surface area contributed by atoms with Gasteiger partial charge in [-0.25, -0.2) is 0 Å². The summed E-state index contributed by atoms with van der Waals surface area (Å²) in [4.78, 5) is 36.8. The zero-order valence-corrected chi connectivity index (χ0v) is 10.6. The van der Waals surface area contributed by atoms with Crippen LogP contribution in [0.1, 0.15) is 28.8 Å². The predicted molar refractivity (Wildman–Crippen MR) is 70.3 cm³/mol. The molecule has 0 saturated carbocycles. The molecule has 1 aromatic rings. The molecule has 96 valence electrons. The zero-order chi connectivity index (χ0) is 13.6. The molecule has 3 rings (SSSR count). The number of amides is 3. The van der Waals surface area contributed by atoms with Crippen LogP contribution < -0.4 is 10.8 Å². The molecule has 0 aliphatic carbocycles. The largest absolute Gasteiger partial charge is 0.370 e. The Balaban J connectivity index is 1.87. The van der Waals surface area contributed by atoms with Gasteiger partial charge in [-0.15, -0.1) is 0 Å². The molecule has 2 aliphatic rings. The number of hydrogen-bond donors (Lipinski definition) is 1. The van der Waals surface area contributed by atoms with Gasteiger partial charge in [-0.05, 0) is 24.9 Å². The van der Waals surface area contributed by atoms with Crippen LogP contribution in [0.5, 0.6) is 0 Å². The zero-order valence-electron chi connectivity index (χ0n) is 10.6. The molecule has 1 fully saturated rings. The first-order chi connectivity index (χ1) is 9.06. The highest BCUT2D eigenvalue weighted by atomic mass is 16.2. The Kier molecular flexibility index (Phi) is 2.66. The smallest absolute Gasteiger partial charge is 0.275 e. The lowest BCUT2D eigenvalue weighted by molar-refractivity contribution is -0.135. The number of nitrogens with one attached hydrogen (secondary N) is 1. The molecular formula is C13H13BN2O3. The van der Waals surface area contributed by atoms with Gasteiger partial charge in [0.15, 0.2) is 0 Å². The van der Waals surface area contributed by atoms with Crippen molar-refractivity contribution in [2.75, 3.05) is 0 Å². The van der Waals surface area contributed by atoms with E-state index in [1.807, 2.05) is 19.1 Å². The minimum absolute atomic E-state index is 0.121. The fourth-order valence-corrected chi connectivity index (χ4v) is 2.70. The lowest BCUT2D eigenvalue weighted by Crippen LogP contribution is -2.54. The maximum atomic E-state index is 12.3. The first-order valence-corrected chi connectivity index (χ1v) is 6.30. The molecule has 1 unspecified atom stereocenters. The number of rotatable bonds is 1. The van der Waals surface area contributed by atoms with E-state index in [0.717, 1.165) is 11.0 Å². The second-order valence-corrected chi connectivity index (χ2v) is 5.06. The number of nitrogens with zero attached hydrogens (tertiary/aromatic N) is 1. The Bertz CT molecular complexity index is 600. The third-order valence-electron chi connectivity index (χ3n) is 3.68. The van der Waals surface area contributed by atoms with Gasteiger partial charge in [0.1, 0.15) is 6.04 Å². The maximum absolute atomic E-state index is 12.3. The van der Waals surface area contributed by atoms with Crippen molar-refractivity contribution in [3.8, 4) is 0 Å². The van der Waals surface area contributed by atoms with Crippen LogP contribution in [0.3, 0.4) is 0 Å². The first kappa shape index (κ1) is 12.0. The van der Waals surface area contributed by atoms with Gasteiger partial charge < -0.3 is 4.81 Å². The maximum Gasteiger partial charge on any atom is 0.275 e. The minimum Gasteiger partial charge on any atom is -0.370 e. The van der Waals surface area contributed by atoms with Gasteiger partial charge in [0.2, 0.25) is 17.7 Å². The summed E-state index contributed by atoms with van der Waals surface area (Å²) in [6, 6.07) is 5.14. The normalized spacial score (nSPS) is 22.1. The van der Waals surface area contributed by atoms with Gasteiger partial charge in [-0.1, -0.05) is 17.7 Å². The van der Waals surface area contributed by atoms with Crippen molar-refractivity contribution >= 4 is 30.6 Å². The number of benzene rings is 1. The van der Waals surface area contributed by atoms with Crippen LogP contribution in [0.15, 0.2) is 18.2 Å². The van der Waals surface area contributed by atoms with E-state index in [1.165, 1.54) is 0 Å². The Hall–Kier alpha value is -2.11. The molecule has 0 spiro atoms. The number of fused-ring (bicyclic) bond motifs is 1. The molecule has 1 atom stereocenters. The molecule has 0 aromatic heterocycles. The summed E-state index contributed by atoms with van der Waals surface area (Å²) in [6.45, 7) is 1.97. The van der Waals surface area contributed by atoms with Crippen LogP contribution in [-0.2, 0) is 9.59 Å². The van der Waals surface area contributed by atoms with Crippen LogP contribution in [0.4, 0.5) is 0 Å². The number of piperidine rings is 1. The van der Waals surface area contributed by atoms with E-state index in [4.69, 9.17) is 0 Å². The van der Waals surface area contributed by atoms with Crippen LogP contribution in [-0.4, -0.2) is 36.0 Å². The van der Waals surface area contributed by atoms with Gasteiger partial charge in [0, 0.05) is 12.0 Å². The van der Waals surface area contributed by atoms with E-state index < -0.39 is 6.04 Å². The van der Waals surface area contributed by atoms with Crippen LogP contribution >= 0.6 is 0 Å². The summed E-state index contributed by atoms with van der Waals surface area (Å²) in [7, 11) is 0.447. The van der Waals surface area contributed by atoms with Crippen molar-refractivity contribution in [1.29, 1.82) is 0 Å². The number of imide groups is 1. The molecule has 1 saturated heterocycles. The summed E-state index contributed by atoms with van der Waals surface area (Å²) in [6.07, 6.45) is 0.693. The molecule has 6 heteroatoms. The van der Waals surface area contributed by atoms with Crippen molar-refractivity contribution in [2.45, 2.75) is 25.8 Å². The van der Waals surface area contributed by atoms with Gasteiger partial charge in [-0.3, -0.25) is 19.7 Å². The van der Waals surface area contributed by atoms with Crippen molar-refractivity contribution in [2.24, 2.45) is 0 Å². The molecule has 0 radical (unpaired) electrons. The van der Waals surface area contributed by atoms with E-state index in [1.54, 1.807) is 10.9 Å². The lowest BCUT2D eigenvalue weighted by Gasteiger charge is -2.29. The number of carbonyl (C=O) groups is 3. The number of aryl methyl sites for hydroxylation is 1. The van der Waals surface area contributed by atoms with Crippen LogP contribution in [0, 0.1) is 6.92 Å². The molecule has 3 amide bonds. The van der Waals surface area contributed by atoms with Gasteiger partial charge in [0.25, 0.3) is 7.41 Å². The third kappa shape index (κ3) is 1.93. The second kappa shape index (κ2) is 4.22. The van der Waals surface area contributed by atoms with E-state index in [0.29, 0.717) is 19.4 Å². The quantitative estimate of drug-likeness (QED) is 0.530. The molecule has 5 nitrogen and oxygen atoms in total. The van der Waals surface area contributed by atoms with E-state index in [2.05, 4.69) is 5.32 Å². The highest BCUT2D eigenvalue weighted by Gasteiger charge is 2.39. The topological polar surface area (TPSA) is 66.5 Å². The van der Waals surface area contributed by atoms with E-state index >= 15 is 0 Å². The first-order valence-electron chi connectivity index (χ1n) is 6.30. The van der Waals surface area contributed by atoms with Crippen molar-refractivity contribution in [3.05, 3.63) is 29.3 Å². The molecule has 1 N–H and O–H groups in total. The number of hydrogen-bond acceptors (Lipinski definition) is 3. The predicted octanol–water partition coefficient (Wildman–Crippen LogP) is -0.767. The fourth-order valence-electron chi connectivity index (χ4n) is 2.70. The Morgan fingerprint density at radius 2 is 2.11 bits per heavy atom. The van der Waals surface area contributed by atoms with Crippen LogP contribution in [0.2, 0.25) is 0 Å². The summed E-state index contributed by atoms with van der Waals surface area (Å²) >= 11 is 0. The van der Waals surface area contributed by atoms with Crippen molar-refractivity contribution < 1.29 is 14.4 Å². The average molecular weight is 256 g/mol. The minimum atomic E-state index is -0.530. The monoisotopic (exact) mass is 256 g/mol. The molecule has 1 aromatic carbocycles. The molecule has 0 bridgehead atoms. The third-order valence-corrected chi connectivity index (χ3v) is 3.68. The Morgan fingerprint density at radius 3 is 2.84 bits per heavy atom. The standard InChI is InChI=1S/C13H13BN2O3/c1-7-2-3-8-9(6-7)14-16(13(8)19)10-4-5-11(17)15-12(10)18/h2-3,6,10,14H,4-5H2,1H3,(H,15,17,18). The fraction of sp³-hybridized carbons (Fsp3) is 0.308. The Labute approximate surface area is 111 Å². The lowest BCUT2D eigenvalue weighted by atomic mass is 9.80. The molecule has 19 heavy (non-hydrogen) atoms. The van der Waals surface area contributed by atoms with Gasteiger partial charge in [-0.2, -0.15) is 0 Å². The van der Waals surface area contributed by atoms with Crippen molar-refractivity contribution in [3.63, 3.8) is 0 Å². The molecule has 2 aliphatic heterocycles. The summed E-state index contributed by atoms with van der Waals surface area (Å²) in [5.74, 6) is -0.750. The summed E-state index contributed by atoms with van der Waals surface area (Å²) < 4.78 is 0. The highest BCUT2D eigenvalue weighted by molar-refractivity contribution is 6.61. The summed E-state index contributed by atoms with van der Waals surface area (Å²) in [5.41, 5.74) is 2.71. The molecule has 2 heterocycles. The SMILES string of the molecule is Cc1ccc2c(c1)BN(C1CCC(=O)NC1=O)C2=O. The van der Waals surface area contributed by atoms with E-state index in [-0.39, 0.29) is 24.1 Å². The Morgan fingerprint density at radius 1 is 1.32 bits per heavy atom. The second-order valence-electron chi connectivity index (χ2n) is 5.06. The average Bonchev–Trinajstić information content (AvgIpc) is 2.66. The van der Waals surface area contributed by atoms with Gasteiger partial charge in [0.05, 0.1) is 0 Å².